The third kappa shape index (κ3) is 4.19. The van der Waals surface area contributed by atoms with Gasteiger partial charge in [-0.15, -0.1) is 0 Å². The van der Waals surface area contributed by atoms with Crippen LogP contribution in [0.4, 0.5) is 11.4 Å². The van der Waals surface area contributed by atoms with Crippen molar-refractivity contribution in [3.8, 4) is 11.5 Å². The van der Waals surface area contributed by atoms with Gasteiger partial charge in [0.15, 0.2) is 11.5 Å². The molecule has 32 heavy (non-hydrogen) atoms. The normalized spacial score (nSPS) is 11.5. The van der Waals surface area contributed by atoms with Crippen molar-refractivity contribution >= 4 is 49.2 Å². The number of carbonyl (C=O) groups is 1. The van der Waals surface area contributed by atoms with Crippen LogP contribution in [0, 0.1) is 0 Å². The van der Waals surface area contributed by atoms with Gasteiger partial charge in [0.2, 0.25) is 15.9 Å². The molecular formula is C23H22N2O6S. The number of ether oxygens (including phenoxy) is 2. The molecule has 4 aromatic rings. The van der Waals surface area contributed by atoms with Crippen molar-refractivity contribution in [2.24, 2.45) is 0 Å². The summed E-state index contributed by atoms with van der Waals surface area (Å²) in [5.74, 6) is 0.309. The first-order chi connectivity index (χ1) is 15.3. The van der Waals surface area contributed by atoms with Crippen molar-refractivity contribution in [2.45, 2.75) is 0 Å². The Balaban J connectivity index is 1.58. The summed E-state index contributed by atoms with van der Waals surface area (Å²) in [5.41, 5.74) is 2.17. The summed E-state index contributed by atoms with van der Waals surface area (Å²) in [6, 6.07) is 17.6. The fraction of sp³-hybridized carbons (Fsp3) is 0.174. The molecule has 0 bridgehead atoms. The lowest BCUT2D eigenvalue weighted by Crippen LogP contribution is -2.37. The van der Waals surface area contributed by atoms with Crippen LogP contribution in [0.25, 0.3) is 21.9 Å². The van der Waals surface area contributed by atoms with Crippen LogP contribution in [0.2, 0.25) is 0 Å². The Bertz CT molecular complexity index is 1410. The zero-order valence-corrected chi connectivity index (χ0v) is 18.6. The van der Waals surface area contributed by atoms with Crippen LogP contribution < -0.4 is 19.1 Å². The number of carbonyl (C=O) groups excluding carboxylic acids is 1. The molecule has 0 unspecified atom stereocenters. The van der Waals surface area contributed by atoms with E-state index in [1.165, 1.54) is 20.3 Å². The van der Waals surface area contributed by atoms with E-state index < -0.39 is 22.5 Å². The molecule has 0 fully saturated rings. The minimum atomic E-state index is -3.74. The molecule has 0 aliphatic rings. The first-order valence-corrected chi connectivity index (χ1v) is 11.6. The Labute approximate surface area is 185 Å². The predicted molar refractivity (Wildman–Crippen MR) is 124 cm³/mol. The number of para-hydroxylation sites is 1. The Morgan fingerprint density at radius 1 is 0.938 bits per heavy atom. The number of rotatable bonds is 7. The van der Waals surface area contributed by atoms with Gasteiger partial charge in [0.1, 0.15) is 17.7 Å². The quantitative estimate of drug-likeness (QED) is 0.453. The van der Waals surface area contributed by atoms with Crippen LogP contribution in [0.5, 0.6) is 11.5 Å². The second-order valence-corrected chi connectivity index (χ2v) is 9.07. The highest BCUT2D eigenvalue weighted by atomic mass is 32.2. The van der Waals surface area contributed by atoms with Crippen molar-refractivity contribution in [3.63, 3.8) is 0 Å². The SMILES string of the molecule is COc1ccc(N(CC(=O)Nc2ccc3c(c2)oc2ccccc23)S(C)(=O)=O)cc1OC. The van der Waals surface area contributed by atoms with E-state index in [-0.39, 0.29) is 5.69 Å². The molecule has 1 aromatic heterocycles. The van der Waals surface area contributed by atoms with Gasteiger partial charge in [-0.2, -0.15) is 0 Å². The highest BCUT2D eigenvalue weighted by molar-refractivity contribution is 7.92. The number of amides is 1. The summed E-state index contributed by atoms with van der Waals surface area (Å²) in [4.78, 5) is 12.7. The monoisotopic (exact) mass is 454 g/mol. The zero-order chi connectivity index (χ0) is 22.9. The van der Waals surface area contributed by atoms with E-state index in [4.69, 9.17) is 13.9 Å². The van der Waals surface area contributed by atoms with Crippen LogP contribution in [0.15, 0.2) is 65.1 Å². The molecule has 0 saturated carbocycles. The number of hydrogen-bond acceptors (Lipinski definition) is 6. The topological polar surface area (TPSA) is 98.1 Å². The van der Waals surface area contributed by atoms with Gasteiger partial charge in [-0.05, 0) is 30.3 Å². The van der Waals surface area contributed by atoms with Crippen molar-refractivity contribution in [1.82, 2.24) is 0 Å². The fourth-order valence-corrected chi connectivity index (χ4v) is 4.36. The van der Waals surface area contributed by atoms with E-state index in [1.54, 1.807) is 24.3 Å². The number of sulfonamides is 1. The molecule has 0 saturated heterocycles. The van der Waals surface area contributed by atoms with Crippen LogP contribution >= 0.6 is 0 Å². The molecule has 1 N–H and O–H groups in total. The Morgan fingerprint density at radius 3 is 2.38 bits per heavy atom. The number of hydrogen-bond donors (Lipinski definition) is 1. The molecule has 8 nitrogen and oxygen atoms in total. The molecule has 0 spiro atoms. The molecule has 0 aliphatic heterocycles. The highest BCUT2D eigenvalue weighted by Gasteiger charge is 2.22. The smallest absolute Gasteiger partial charge is 0.245 e. The van der Waals surface area contributed by atoms with E-state index >= 15 is 0 Å². The first kappa shape index (κ1) is 21.5. The number of nitrogens with zero attached hydrogens (tertiary/aromatic N) is 1. The second-order valence-electron chi connectivity index (χ2n) is 7.17. The molecule has 9 heteroatoms. The maximum Gasteiger partial charge on any atom is 0.245 e. The van der Waals surface area contributed by atoms with E-state index in [2.05, 4.69) is 5.32 Å². The third-order valence-corrected chi connectivity index (χ3v) is 6.15. The maximum absolute atomic E-state index is 12.7. The Hall–Kier alpha value is -3.72. The number of furan rings is 1. The highest BCUT2D eigenvalue weighted by Crippen LogP contribution is 2.33. The zero-order valence-electron chi connectivity index (χ0n) is 17.8. The van der Waals surface area contributed by atoms with Gasteiger partial charge >= 0.3 is 0 Å². The molecule has 0 radical (unpaired) electrons. The van der Waals surface area contributed by atoms with E-state index in [0.29, 0.717) is 22.8 Å². The van der Waals surface area contributed by atoms with Crippen molar-refractivity contribution < 1.29 is 27.1 Å². The van der Waals surface area contributed by atoms with Gasteiger partial charge in [-0.3, -0.25) is 9.10 Å². The molecular weight excluding hydrogens is 432 g/mol. The van der Waals surface area contributed by atoms with Crippen LogP contribution in [0.3, 0.4) is 0 Å². The Kier molecular flexibility index (Phi) is 5.67. The van der Waals surface area contributed by atoms with Gasteiger partial charge in [-0.25, -0.2) is 8.42 Å². The average molecular weight is 455 g/mol. The largest absolute Gasteiger partial charge is 0.493 e. The van der Waals surface area contributed by atoms with Crippen molar-refractivity contribution in [1.29, 1.82) is 0 Å². The van der Waals surface area contributed by atoms with E-state index in [0.717, 1.165) is 26.9 Å². The average Bonchev–Trinajstić information content (AvgIpc) is 3.14. The summed E-state index contributed by atoms with van der Waals surface area (Å²) in [6.07, 6.45) is 1.04. The second kappa shape index (κ2) is 8.43. The van der Waals surface area contributed by atoms with E-state index in [1.807, 2.05) is 30.3 Å². The minimum Gasteiger partial charge on any atom is -0.493 e. The van der Waals surface area contributed by atoms with Crippen LogP contribution in [-0.2, 0) is 14.8 Å². The lowest BCUT2D eigenvalue weighted by atomic mass is 10.1. The van der Waals surface area contributed by atoms with E-state index in [9.17, 15) is 13.2 Å². The molecule has 0 aliphatic carbocycles. The number of benzene rings is 3. The van der Waals surface area contributed by atoms with Gasteiger partial charge in [-0.1, -0.05) is 18.2 Å². The maximum atomic E-state index is 12.7. The molecule has 3 aromatic carbocycles. The summed E-state index contributed by atoms with van der Waals surface area (Å²) in [7, 11) is -0.808. The molecule has 4 rings (SSSR count). The summed E-state index contributed by atoms with van der Waals surface area (Å²) < 4.78 is 42.1. The number of nitrogens with one attached hydrogen (secondary N) is 1. The fourth-order valence-electron chi connectivity index (χ4n) is 3.51. The predicted octanol–water partition coefficient (Wildman–Crippen LogP) is 4.01. The van der Waals surface area contributed by atoms with Crippen molar-refractivity contribution in [3.05, 3.63) is 60.7 Å². The van der Waals surface area contributed by atoms with Crippen LogP contribution in [-0.4, -0.2) is 41.3 Å². The van der Waals surface area contributed by atoms with Gasteiger partial charge in [0, 0.05) is 28.6 Å². The standard InChI is InChI=1S/C23H22N2O6S/c1-29-20-11-9-16(13-22(20)30-2)25(32(3,27)28)14-23(26)24-15-8-10-18-17-6-4-5-7-19(17)31-21(18)12-15/h4-13H,14H2,1-3H3,(H,24,26). The molecule has 1 heterocycles. The third-order valence-electron chi connectivity index (χ3n) is 5.01. The van der Waals surface area contributed by atoms with Crippen LogP contribution in [0.1, 0.15) is 0 Å². The summed E-state index contributed by atoms with van der Waals surface area (Å²) >= 11 is 0. The number of anilines is 2. The van der Waals surface area contributed by atoms with Gasteiger partial charge < -0.3 is 19.2 Å². The minimum absolute atomic E-state index is 0.285. The summed E-state index contributed by atoms with van der Waals surface area (Å²) in [5, 5.41) is 4.66. The van der Waals surface area contributed by atoms with Crippen molar-refractivity contribution in [2.75, 3.05) is 36.6 Å². The first-order valence-electron chi connectivity index (χ1n) is 9.71. The lowest BCUT2D eigenvalue weighted by Gasteiger charge is -2.23. The molecule has 166 valence electrons. The Morgan fingerprint density at radius 2 is 1.66 bits per heavy atom. The number of fused-ring (bicyclic) bond motifs is 3. The number of methoxy groups -OCH3 is 2. The molecule has 0 atom stereocenters. The lowest BCUT2D eigenvalue weighted by molar-refractivity contribution is -0.114. The van der Waals surface area contributed by atoms with Gasteiger partial charge in [0.25, 0.3) is 0 Å². The van der Waals surface area contributed by atoms with Gasteiger partial charge in [0.05, 0.1) is 26.2 Å². The molecule has 1 amide bonds. The summed E-state index contributed by atoms with van der Waals surface area (Å²) in [6.45, 7) is -0.410.